The number of thioether (sulfide) groups is 1. The topological polar surface area (TPSA) is 51.7 Å². The van der Waals surface area contributed by atoms with Crippen LogP contribution in [0.3, 0.4) is 0 Å². The van der Waals surface area contributed by atoms with Crippen LogP contribution in [0, 0.1) is 0 Å². The predicted molar refractivity (Wildman–Crippen MR) is 126 cm³/mol. The number of nitrogens with zero attached hydrogens (tertiary/aromatic N) is 2. The van der Waals surface area contributed by atoms with E-state index >= 15 is 0 Å². The van der Waals surface area contributed by atoms with Crippen LogP contribution >= 0.6 is 11.8 Å². The van der Waals surface area contributed by atoms with E-state index in [1.165, 1.54) is 11.1 Å². The van der Waals surface area contributed by atoms with Crippen molar-refractivity contribution in [2.45, 2.75) is 63.4 Å². The van der Waals surface area contributed by atoms with Gasteiger partial charge in [0, 0.05) is 43.4 Å². The van der Waals surface area contributed by atoms with Crippen molar-refractivity contribution in [3.63, 3.8) is 0 Å². The van der Waals surface area contributed by atoms with Gasteiger partial charge in [0.15, 0.2) is 0 Å². The second kappa shape index (κ2) is 8.73. The summed E-state index contributed by atoms with van der Waals surface area (Å²) in [6.45, 7) is 7.06. The average molecular weight is 441 g/mol. The van der Waals surface area contributed by atoms with Gasteiger partial charge in [-0.25, -0.2) is 4.79 Å². The van der Waals surface area contributed by atoms with Gasteiger partial charge in [0.2, 0.25) is 0 Å². The summed E-state index contributed by atoms with van der Waals surface area (Å²) in [4.78, 5) is 18.8. The summed E-state index contributed by atoms with van der Waals surface area (Å²) in [6, 6.07) is 10.7. The van der Waals surface area contributed by atoms with Gasteiger partial charge in [0.25, 0.3) is 0 Å². The minimum absolute atomic E-state index is 0.176. The molecule has 4 rings (SSSR count). The molecule has 0 radical (unpaired) electrons. The third-order valence-electron chi connectivity index (χ3n) is 5.99. The number of likely N-dealkylation sites (tertiary alicyclic amines) is 1. The molecule has 166 valence electrons. The molecule has 0 aliphatic carbocycles. The van der Waals surface area contributed by atoms with Gasteiger partial charge in [-0.1, -0.05) is 6.07 Å². The number of ether oxygens (including phenoxy) is 2. The molecular weight excluding hydrogens is 408 g/mol. The van der Waals surface area contributed by atoms with Gasteiger partial charge in [0.05, 0.1) is 5.69 Å². The summed E-state index contributed by atoms with van der Waals surface area (Å²) in [6.07, 6.45) is 7.49. The van der Waals surface area contributed by atoms with E-state index in [9.17, 15) is 4.79 Å². The van der Waals surface area contributed by atoms with Crippen molar-refractivity contribution < 1.29 is 14.3 Å². The molecule has 1 fully saturated rings. The van der Waals surface area contributed by atoms with Crippen LogP contribution in [0.4, 0.5) is 4.79 Å². The number of fused-ring (bicyclic) bond motifs is 1. The molecule has 6 heteroatoms. The maximum Gasteiger partial charge on any atom is 0.410 e. The third kappa shape index (κ3) is 5.17. The van der Waals surface area contributed by atoms with E-state index in [4.69, 9.17) is 9.47 Å². The largest absolute Gasteiger partial charge is 0.487 e. The molecule has 2 aliphatic rings. The van der Waals surface area contributed by atoms with E-state index in [1.807, 2.05) is 31.9 Å². The summed E-state index contributed by atoms with van der Waals surface area (Å²) < 4.78 is 12.1. The highest BCUT2D eigenvalue weighted by Crippen LogP contribution is 2.40. The summed E-state index contributed by atoms with van der Waals surface area (Å²) in [5.74, 6) is 1.96. The van der Waals surface area contributed by atoms with Crippen LogP contribution in [0.25, 0.3) is 11.3 Å². The second-order valence-corrected chi connectivity index (χ2v) is 10.4. The molecule has 5 nitrogen and oxygen atoms in total. The Hall–Kier alpha value is -2.21. The monoisotopic (exact) mass is 440 g/mol. The number of piperidine rings is 1. The zero-order chi connectivity index (χ0) is 22.1. The molecular formula is C25H32N2O3S. The summed E-state index contributed by atoms with van der Waals surface area (Å²) in [5, 5.41) is 0. The minimum Gasteiger partial charge on any atom is -0.487 e. The van der Waals surface area contributed by atoms with Crippen molar-refractivity contribution in [1.82, 2.24) is 9.88 Å². The van der Waals surface area contributed by atoms with Crippen LogP contribution in [-0.4, -0.2) is 46.5 Å². The van der Waals surface area contributed by atoms with E-state index in [0.717, 1.165) is 48.4 Å². The van der Waals surface area contributed by atoms with Crippen molar-refractivity contribution in [3.8, 4) is 17.0 Å². The fourth-order valence-electron chi connectivity index (χ4n) is 4.30. The molecule has 31 heavy (non-hydrogen) atoms. The van der Waals surface area contributed by atoms with Gasteiger partial charge in [0.1, 0.15) is 17.0 Å². The number of hydrogen-bond donors (Lipinski definition) is 0. The van der Waals surface area contributed by atoms with E-state index in [2.05, 4.69) is 41.6 Å². The number of amides is 1. The van der Waals surface area contributed by atoms with Gasteiger partial charge >= 0.3 is 6.09 Å². The Bertz CT molecular complexity index is 929. The summed E-state index contributed by atoms with van der Waals surface area (Å²) in [5.41, 5.74) is 3.98. The summed E-state index contributed by atoms with van der Waals surface area (Å²) >= 11 is 1.80. The number of hydrogen-bond acceptors (Lipinski definition) is 5. The Balaban J connectivity index is 1.41. The number of aromatic nitrogens is 1. The lowest BCUT2D eigenvalue weighted by Gasteiger charge is -2.44. The van der Waals surface area contributed by atoms with Crippen LogP contribution in [0.1, 0.15) is 51.2 Å². The molecule has 0 atom stereocenters. The quantitative estimate of drug-likeness (QED) is 0.612. The van der Waals surface area contributed by atoms with E-state index in [0.29, 0.717) is 13.1 Å². The van der Waals surface area contributed by atoms with Crippen LogP contribution in [-0.2, 0) is 16.9 Å². The Morgan fingerprint density at radius 3 is 2.61 bits per heavy atom. The number of aryl methyl sites for hydroxylation is 1. The third-order valence-corrected chi connectivity index (χ3v) is 6.62. The van der Waals surface area contributed by atoms with E-state index in [1.54, 1.807) is 11.8 Å². The molecule has 2 aliphatic heterocycles. The normalized spacial score (nSPS) is 17.7. The molecule has 3 heterocycles. The highest BCUT2D eigenvalue weighted by molar-refractivity contribution is 7.97. The Morgan fingerprint density at radius 1 is 1.19 bits per heavy atom. The van der Waals surface area contributed by atoms with Crippen LogP contribution in [0.5, 0.6) is 5.75 Å². The first kappa shape index (κ1) is 22.0. The number of rotatable bonds is 3. The van der Waals surface area contributed by atoms with Crippen molar-refractivity contribution >= 4 is 17.9 Å². The van der Waals surface area contributed by atoms with Gasteiger partial charge in [-0.3, -0.25) is 4.98 Å². The first-order chi connectivity index (χ1) is 14.8. The first-order valence-corrected chi connectivity index (χ1v) is 12.4. The lowest BCUT2D eigenvalue weighted by molar-refractivity contribution is -0.0272. The van der Waals surface area contributed by atoms with Crippen LogP contribution in [0.15, 0.2) is 36.5 Å². The number of pyridine rings is 1. The smallest absolute Gasteiger partial charge is 0.410 e. The van der Waals surface area contributed by atoms with Crippen molar-refractivity contribution in [2.75, 3.05) is 19.3 Å². The van der Waals surface area contributed by atoms with Gasteiger partial charge in [-0.05, 0) is 75.3 Å². The van der Waals surface area contributed by atoms with Gasteiger partial charge in [-0.2, -0.15) is 11.8 Å². The van der Waals surface area contributed by atoms with Crippen molar-refractivity contribution in [2.24, 2.45) is 0 Å². The molecule has 2 aromatic rings. The number of carbonyl (C=O) groups is 1. The molecule has 1 saturated heterocycles. The molecule has 1 aromatic heterocycles. The highest BCUT2D eigenvalue weighted by Gasteiger charge is 2.41. The first-order valence-electron chi connectivity index (χ1n) is 11.0. The Morgan fingerprint density at radius 2 is 1.97 bits per heavy atom. The zero-order valence-corrected chi connectivity index (χ0v) is 19.8. The number of benzene rings is 1. The second-order valence-electron chi connectivity index (χ2n) is 9.56. The lowest BCUT2D eigenvalue weighted by atomic mass is 9.83. The molecule has 0 unspecified atom stereocenters. The molecule has 0 bridgehead atoms. The molecule has 1 aromatic carbocycles. The fraction of sp³-hybridized carbons (Fsp3) is 0.520. The minimum atomic E-state index is -0.464. The highest BCUT2D eigenvalue weighted by atomic mass is 32.2. The van der Waals surface area contributed by atoms with Crippen molar-refractivity contribution in [3.05, 3.63) is 47.7 Å². The lowest BCUT2D eigenvalue weighted by Crippen LogP contribution is -2.52. The molecule has 1 spiro atoms. The van der Waals surface area contributed by atoms with Crippen LogP contribution < -0.4 is 4.74 Å². The van der Waals surface area contributed by atoms with Crippen molar-refractivity contribution in [1.29, 1.82) is 0 Å². The zero-order valence-electron chi connectivity index (χ0n) is 18.9. The fourth-order valence-corrected chi connectivity index (χ4v) is 4.81. The summed E-state index contributed by atoms with van der Waals surface area (Å²) in [7, 11) is 0. The SMILES string of the molecule is CSCc1ccc(-c2ccc3c(c2)CCC2(CCN(C(=O)OC(C)(C)C)CC2)O3)nc1. The Labute approximate surface area is 189 Å². The molecule has 0 saturated carbocycles. The predicted octanol–water partition coefficient (Wildman–Crippen LogP) is 5.71. The average Bonchev–Trinajstić information content (AvgIpc) is 2.73. The van der Waals surface area contributed by atoms with E-state index < -0.39 is 5.60 Å². The maximum atomic E-state index is 12.4. The van der Waals surface area contributed by atoms with E-state index in [-0.39, 0.29) is 11.7 Å². The molecule has 1 amide bonds. The van der Waals surface area contributed by atoms with Gasteiger partial charge < -0.3 is 14.4 Å². The molecule has 0 N–H and O–H groups in total. The number of carbonyl (C=O) groups excluding carboxylic acids is 1. The van der Waals surface area contributed by atoms with Gasteiger partial charge in [-0.15, -0.1) is 0 Å². The maximum absolute atomic E-state index is 12.4. The van der Waals surface area contributed by atoms with Crippen LogP contribution in [0.2, 0.25) is 0 Å². The standard InChI is InChI=1S/C25H32N2O3S/c1-24(2,3)30-23(28)27-13-11-25(12-14-27)10-9-20-15-19(6-8-22(20)29-25)21-7-5-18(16-26-21)17-31-4/h5-8,15-16H,9-14,17H2,1-4H3. The Kier molecular flexibility index (Phi) is 6.20.